The second-order valence-electron chi connectivity index (χ2n) is 9.59. The highest BCUT2D eigenvalue weighted by atomic mass is 16.5. The molecule has 0 aliphatic heterocycles. The maximum absolute atomic E-state index is 12.7. The number of allylic oxidation sites excluding steroid dienone is 1. The molecule has 0 saturated heterocycles. The van der Waals surface area contributed by atoms with Crippen LogP contribution in [0.3, 0.4) is 0 Å². The summed E-state index contributed by atoms with van der Waals surface area (Å²) in [5.74, 6) is -1.32. The fourth-order valence-electron chi connectivity index (χ4n) is 4.65. The van der Waals surface area contributed by atoms with Gasteiger partial charge in [-0.1, -0.05) is 60.2 Å². The highest BCUT2D eigenvalue weighted by molar-refractivity contribution is 5.84. The summed E-state index contributed by atoms with van der Waals surface area (Å²) in [5, 5.41) is 14.9. The SMILES string of the molecule is CC(C)=CCC(NC(=O)CC(NC(=O)OCC1c2ccccc2-c2ccccc21)C1CC1)C(=O)O. The van der Waals surface area contributed by atoms with Gasteiger partial charge in [0.2, 0.25) is 5.91 Å². The van der Waals surface area contributed by atoms with Crippen LogP contribution >= 0.6 is 0 Å². The lowest BCUT2D eigenvalue weighted by Gasteiger charge is -2.20. The van der Waals surface area contributed by atoms with E-state index in [1.807, 2.05) is 38.1 Å². The first-order valence-corrected chi connectivity index (χ1v) is 12.1. The van der Waals surface area contributed by atoms with E-state index in [1.165, 1.54) is 0 Å². The molecule has 2 amide bonds. The van der Waals surface area contributed by atoms with Crippen LogP contribution in [0.1, 0.15) is 56.6 Å². The highest BCUT2D eigenvalue weighted by Crippen LogP contribution is 2.44. The zero-order valence-corrected chi connectivity index (χ0v) is 20.1. The van der Waals surface area contributed by atoms with Crippen LogP contribution in [0.15, 0.2) is 60.2 Å². The van der Waals surface area contributed by atoms with Crippen molar-refractivity contribution in [2.24, 2.45) is 5.92 Å². The molecular formula is C28H32N2O5. The van der Waals surface area contributed by atoms with Crippen molar-refractivity contribution in [2.45, 2.75) is 57.5 Å². The number of ether oxygens (including phenoxy) is 1. The Morgan fingerprint density at radius 2 is 1.60 bits per heavy atom. The molecule has 0 spiro atoms. The molecule has 2 unspecified atom stereocenters. The van der Waals surface area contributed by atoms with E-state index in [9.17, 15) is 19.5 Å². The van der Waals surface area contributed by atoms with Gasteiger partial charge in [0.05, 0.1) is 0 Å². The first-order valence-electron chi connectivity index (χ1n) is 12.1. The van der Waals surface area contributed by atoms with Crippen molar-refractivity contribution in [1.82, 2.24) is 10.6 Å². The minimum atomic E-state index is -1.08. The molecule has 2 aliphatic rings. The molecule has 2 aromatic rings. The second-order valence-corrected chi connectivity index (χ2v) is 9.59. The van der Waals surface area contributed by atoms with Gasteiger partial charge in [-0.3, -0.25) is 4.79 Å². The molecule has 2 aromatic carbocycles. The average Bonchev–Trinajstić information content (AvgIpc) is 3.63. The van der Waals surface area contributed by atoms with Gasteiger partial charge in [0.15, 0.2) is 0 Å². The molecule has 184 valence electrons. The molecule has 0 heterocycles. The molecule has 7 heteroatoms. The number of rotatable bonds is 10. The Bertz CT molecular complexity index is 1090. The van der Waals surface area contributed by atoms with Gasteiger partial charge in [0.1, 0.15) is 12.6 Å². The minimum absolute atomic E-state index is 0.0213. The zero-order valence-electron chi connectivity index (χ0n) is 20.1. The highest BCUT2D eigenvalue weighted by Gasteiger charge is 2.35. The van der Waals surface area contributed by atoms with E-state index in [0.717, 1.165) is 40.7 Å². The predicted molar refractivity (Wildman–Crippen MR) is 133 cm³/mol. The Kier molecular flexibility index (Phi) is 7.54. The predicted octanol–water partition coefficient (Wildman–Crippen LogP) is 4.62. The molecule has 4 rings (SSSR count). The van der Waals surface area contributed by atoms with Crippen molar-refractivity contribution < 1.29 is 24.2 Å². The van der Waals surface area contributed by atoms with Crippen LogP contribution in [0, 0.1) is 5.92 Å². The summed E-state index contributed by atoms with van der Waals surface area (Å²) in [6.07, 6.45) is 3.30. The quantitative estimate of drug-likeness (QED) is 0.434. The molecular weight excluding hydrogens is 444 g/mol. The number of carbonyl (C=O) groups is 3. The molecule has 1 fully saturated rings. The van der Waals surface area contributed by atoms with Crippen molar-refractivity contribution in [3.8, 4) is 11.1 Å². The third-order valence-corrected chi connectivity index (χ3v) is 6.64. The number of carboxylic acid groups (broad SMARTS) is 1. The van der Waals surface area contributed by atoms with Crippen LogP contribution in [0.5, 0.6) is 0 Å². The molecule has 35 heavy (non-hydrogen) atoms. The smallest absolute Gasteiger partial charge is 0.407 e. The summed E-state index contributed by atoms with van der Waals surface area (Å²) in [6.45, 7) is 3.96. The lowest BCUT2D eigenvalue weighted by atomic mass is 9.98. The first-order chi connectivity index (χ1) is 16.8. The Labute approximate surface area is 205 Å². The second kappa shape index (κ2) is 10.8. The number of carboxylic acids is 1. The molecule has 1 saturated carbocycles. The fraction of sp³-hybridized carbons (Fsp3) is 0.393. The number of hydrogen-bond acceptors (Lipinski definition) is 4. The van der Waals surface area contributed by atoms with Crippen molar-refractivity contribution in [2.75, 3.05) is 6.61 Å². The lowest BCUT2D eigenvalue weighted by molar-refractivity contribution is -0.141. The van der Waals surface area contributed by atoms with Gasteiger partial charge in [0.25, 0.3) is 0 Å². The summed E-state index contributed by atoms with van der Waals surface area (Å²) in [4.78, 5) is 36.8. The van der Waals surface area contributed by atoms with Gasteiger partial charge in [-0.2, -0.15) is 0 Å². The summed E-state index contributed by atoms with van der Waals surface area (Å²) < 4.78 is 5.63. The van der Waals surface area contributed by atoms with Crippen LogP contribution in [0.2, 0.25) is 0 Å². The van der Waals surface area contributed by atoms with Gasteiger partial charge in [-0.05, 0) is 61.3 Å². The van der Waals surface area contributed by atoms with E-state index < -0.39 is 24.0 Å². The van der Waals surface area contributed by atoms with Crippen molar-refractivity contribution in [1.29, 1.82) is 0 Å². The number of fused-ring (bicyclic) bond motifs is 3. The fourth-order valence-corrected chi connectivity index (χ4v) is 4.65. The van der Waals surface area contributed by atoms with E-state index >= 15 is 0 Å². The first kappa shape index (κ1) is 24.5. The van der Waals surface area contributed by atoms with E-state index in [2.05, 4.69) is 34.9 Å². The van der Waals surface area contributed by atoms with E-state index in [1.54, 1.807) is 6.08 Å². The number of benzene rings is 2. The van der Waals surface area contributed by atoms with Crippen LogP contribution < -0.4 is 10.6 Å². The lowest BCUT2D eigenvalue weighted by Crippen LogP contribution is -2.45. The molecule has 3 N–H and O–H groups in total. The number of carbonyl (C=O) groups excluding carboxylic acids is 2. The third-order valence-electron chi connectivity index (χ3n) is 6.64. The summed E-state index contributed by atoms with van der Waals surface area (Å²) >= 11 is 0. The molecule has 2 atom stereocenters. The summed E-state index contributed by atoms with van der Waals surface area (Å²) in [6, 6.07) is 14.9. The van der Waals surface area contributed by atoms with Crippen LogP contribution in [0.25, 0.3) is 11.1 Å². The van der Waals surface area contributed by atoms with Crippen molar-refractivity contribution in [3.05, 3.63) is 71.3 Å². The minimum Gasteiger partial charge on any atom is -0.480 e. The third kappa shape index (κ3) is 6.10. The molecule has 7 nitrogen and oxygen atoms in total. The Morgan fingerprint density at radius 1 is 1.00 bits per heavy atom. The van der Waals surface area contributed by atoms with Crippen molar-refractivity contribution in [3.63, 3.8) is 0 Å². The summed E-state index contributed by atoms with van der Waals surface area (Å²) in [7, 11) is 0. The normalized spacial score (nSPS) is 15.8. The summed E-state index contributed by atoms with van der Waals surface area (Å²) in [5.41, 5.74) is 5.57. The van der Waals surface area contributed by atoms with E-state index in [4.69, 9.17) is 4.74 Å². The van der Waals surface area contributed by atoms with Gasteiger partial charge in [-0.15, -0.1) is 0 Å². The van der Waals surface area contributed by atoms with Gasteiger partial charge >= 0.3 is 12.1 Å². The number of hydrogen-bond donors (Lipinski definition) is 3. The van der Waals surface area contributed by atoms with Gasteiger partial charge in [-0.25, -0.2) is 9.59 Å². The average molecular weight is 477 g/mol. The Hall–Kier alpha value is -3.61. The van der Waals surface area contributed by atoms with Crippen LogP contribution in [-0.2, 0) is 14.3 Å². The number of nitrogens with one attached hydrogen (secondary N) is 2. The van der Waals surface area contributed by atoms with E-state index in [-0.39, 0.29) is 37.3 Å². The molecule has 2 aliphatic carbocycles. The molecule has 0 aromatic heterocycles. The number of aliphatic carboxylic acids is 1. The van der Waals surface area contributed by atoms with Crippen LogP contribution in [-0.4, -0.2) is 41.8 Å². The van der Waals surface area contributed by atoms with Gasteiger partial charge in [0, 0.05) is 18.4 Å². The van der Waals surface area contributed by atoms with Gasteiger partial charge < -0.3 is 20.5 Å². The maximum Gasteiger partial charge on any atom is 0.407 e. The number of amides is 2. The zero-order chi connectivity index (χ0) is 24.9. The molecule has 0 radical (unpaired) electrons. The topological polar surface area (TPSA) is 105 Å². The monoisotopic (exact) mass is 476 g/mol. The molecule has 0 bridgehead atoms. The standard InChI is InChI=1S/C28H32N2O5/c1-17(2)11-14-24(27(32)33)29-26(31)15-25(18-12-13-18)30-28(34)35-16-23-21-9-5-3-7-19(21)20-8-4-6-10-22(20)23/h3-11,18,23-25H,12-16H2,1-2H3,(H,29,31)(H,30,34)(H,32,33). The van der Waals surface area contributed by atoms with Crippen molar-refractivity contribution >= 4 is 18.0 Å². The Balaban J connectivity index is 1.34. The maximum atomic E-state index is 12.7. The van der Waals surface area contributed by atoms with Crippen LogP contribution in [0.4, 0.5) is 4.79 Å². The van der Waals surface area contributed by atoms with E-state index in [0.29, 0.717) is 0 Å². The largest absolute Gasteiger partial charge is 0.480 e. The number of alkyl carbamates (subject to hydrolysis) is 1. The Morgan fingerprint density at radius 3 is 2.14 bits per heavy atom.